The molecule has 1 amide bonds. The molecule has 2 N–H and O–H groups in total. The topological polar surface area (TPSA) is 55.6 Å². The predicted octanol–water partition coefficient (Wildman–Crippen LogP) is 3.32. The Morgan fingerprint density at radius 2 is 1.85 bits per heavy atom. The molecule has 0 aliphatic rings. The van der Waals surface area contributed by atoms with Gasteiger partial charge in [-0.05, 0) is 52.3 Å². The highest BCUT2D eigenvalue weighted by Crippen LogP contribution is 2.26. The number of halogens is 1. The third kappa shape index (κ3) is 2.77. The van der Waals surface area contributed by atoms with Crippen LogP contribution in [0.25, 0.3) is 0 Å². The Labute approximate surface area is 126 Å². The van der Waals surface area contributed by atoms with Crippen LogP contribution >= 0.6 is 15.9 Å². The Morgan fingerprint density at radius 3 is 2.45 bits per heavy atom. The molecular weight excluding hydrogens is 320 g/mol. The van der Waals surface area contributed by atoms with Crippen molar-refractivity contribution in [2.45, 2.75) is 0 Å². The number of hydrogen-bond donors (Lipinski definition) is 1. The second kappa shape index (κ2) is 5.96. The number of carbonyl (C=O) groups is 1. The lowest BCUT2D eigenvalue weighted by molar-refractivity contribution is 0.0992. The molecule has 0 saturated heterocycles. The highest BCUT2D eigenvalue weighted by Gasteiger charge is 2.17. The standard InChI is InChI=1S/C15H15BrN2O2/c1-18(10-6-8-11(20-2)9-7-10)15(19)12-4-3-5-13(17)14(12)16/h3-9H,17H2,1-2H3. The van der Waals surface area contributed by atoms with Gasteiger partial charge in [-0.3, -0.25) is 4.79 Å². The third-order valence-corrected chi connectivity index (χ3v) is 3.91. The summed E-state index contributed by atoms with van der Waals surface area (Å²) in [5.74, 6) is 0.620. The molecule has 20 heavy (non-hydrogen) atoms. The molecule has 2 aromatic rings. The number of carbonyl (C=O) groups excluding carboxylic acids is 1. The third-order valence-electron chi connectivity index (χ3n) is 3.02. The van der Waals surface area contributed by atoms with Gasteiger partial charge in [0.1, 0.15) is 5.75 Å². The summed E-state index contributed by atoms with van der Waals surface area (Å²) < 4.78 is 5.72. The number of amides is 1. The molecule has 0 unspecified atom stereocenters. The molecule has 0 radical (unpaired) electrons. The number of nitrogens with zero attached hydrogens (tertiary/aromatic N) is 1. The van der Waals surface area contributed by atoms with Gasteiger partial charge in [0.25, 0.3) is 5.91 Å². The summed E-state index contributed by atoms with van der Waals surface area (Å²) in [5, 5.41) is 0. The summed E-state index contributed by atoms with van der Waals surface area (Å²) >= 11 is 3.35. The molecule has 0 aliphatic heterocycles. The lowest BCUT2D eigenvalue weighted by Gasteiger charge is -2.18. The molecule has 4 nitrogen and oxygen atoms in total. The Bertz CT molecular complexity index is 626. The fourth-order valence-electron chi connectivity index (χ4n) is 1.82. The van der Waals surface area contributed by atoms with Gasteiger partial charge in [0.15, 0.2) is 0 Å². The molecule has 0 spiro atoms. The minimum absolute atomic E-state index is 0.130. The fraction of sp³-hybridized carbons (Fsp3) is 0.133. The lowest BCUT2D eigenvalue weighted by Crippen LogP contribution is -2.26. The quantitative estimate of drug-likeness (QED) is 0.876. The number of methoxy groups -OCH3 is 1. The maximum atomic E-state index is 12.5. The van der Waals surface area contributed by atoms with Crippen molar-refractivity contribution in [3.8, 4) is 5.75 Å². The van der Waals surface area contributed by atoms with Crippen LogP contribution in [0.5, 0.6) is 5.75 Å². The van der Waals surface area contributed by atoms with Gasteiger partial charge in [-0.15, -0.1) is 0 Å². The number of ether oxygens (including phenoxy) is 1. The zero-order chi connectivity index (χ0) is 14.7. The molecule has 0 bridgehead atoms. The molecule has 5 heteroatoms. The van der Waals surface area contributed by atoms with Gasteiger partial charge in [0.2, 0.25) is 0 Å². The van der Waals surface area contributed by atoms with Crippen LogP contribution in [-0.4, -0.2) is 20.1 Å². The Kier molecular flexibility index (Phi) is 4.29. The molecule has 0 saturated carbocycles. The molecule has 0 atom stereocenters. The maximum Gasteiger partial charge on any atom is 0.259 e. The molecule has 0 aliphatic carbocycles. The normalized spacial score (nSPS) is 10.2. The molecule has 0 heterocycles. The van der Waals surface area contributed by atoms with Crippen LogP contribution in [-0.2, 0) is 0 Å². The SMILES string of the molecule is COc1ccc(N(C)C(=O)c2cccc(N)c2Br)cc1. The summed E-state index contributed by atoms with van der Waals surface area (Å²) in [6.07, 6.45) is 0. The van der Waals surface area contributed by atoms with E-state index in [2.05, 4.69) is 15.9 Å². The van der Waals surface area contributed by atoms with Gasteiger partial charge in [-0.2, -0.15) is 0 Å². The van der Waals surface area contributed by atoms with E-state index in [-0.39, 0.29) is 5.91 Å². The van der Waals surface area contributed by atoms with E-state index in [0.29, 0.717) is 15.7 Å². The Hall–Kier alpha value is -2.01. The van der Waals surface area contributed by atoms with Crippen LogP contribution < -0.4 is 15.4 Å². The summed E-state index contributed by atoms with van der Waals surface area (Å²) in [4.78, 5) is 14.1. The van der Waals surface area contributed by atoms with E-state index in [1.165, 1.54) is 0 Å². The number of nitrogen functional groups attached to an aromatic ring is 1. The van der Waals surface area contributed by atoms with Crippen LogP contribution in [0.4, 0.5) is 11.4 Å². The van der Waals surface area contributed by atoms with Crippen molar-refractivity contribution in [2.24, 2.45) is 0 Å². The summed E-state index contributed by atoms with van der Waals surface area (Å²) in [7, 11) is 3.33. The largest absolute Gasteiger partial charge is 0.497 e. The minimum Gasteiger partial charge on any atom is -0.497 e. The van der Waals surface area contributed by atoms with Crippen molar-refractivity contribution >= 4 is 33.2 Å². The van der Waals surface area contributed by atoms with E-state index < -0.39 is 0 Å². The zero-order valence-electron chi connectivity index (χ0n) is 11.3. The minimum atomic E-state index is -0.130. The summed E-state index contributed by atoms with van der Waals surface area (Å²) in [6.45, 7) is 0. The Morgan fingerprint density at radius 1 is 1.20 bits per heavy atom. The number of anilines is 2. The second-order valence-electron chi connectivity index (χ2n) is 4.27. The van der Waals surface area contributed by atoms with Gasteiger partial charge < -0.3 is 15.4 Å². The monoisotopic (exact) mass is 334 g/mol. The number of benzene rings is 2. The van der Waals surface area contributed by atoms with Crippen LogP contribution in [0.3, 0.4) is 0 Å². The highest BCUT2D eigenvalue weighted by molar-refractivity contribution is 9.10. The van der Waals surface area contributed by atoms with Gasteiger partial charge >= 0.3 is 0 Å². The molecule has 0 aromatic heterocycles. The van der Waals surface area contributed by atoms with Gasteiger partial charge in [0.05, 0.1) is 17.1 Å². The van der Waals surface area contributed by atoms with Crippen molar-refractivity contribution in [1.82, 2.24) is 0 Å². The predicted molar refractivity (Wildman–Crippen MR) is 84.3 cm³/mol. The zero-order valence-corrected chi connectivity index (χ0v) is 12.8. The molecule has 2 aromatic carbocycles. The summed E-state index contributed by atoms with van der Waals surface area (Å²) in [5.41, 5.74) is 7.66. The van der Waals surface area contributed by atoms with Gasteiger partial charge in [-0.25, -0.2) is 0 Å². The van der Waals surface area contributed by atoms with Crippen molar-refractivity contribution in [1.29, 1.82) is 0 Å². The van der Waals surface area contributed by atoms with E-state index in [1.54, 1.807) is 37.3 Å². The molecule has 2 rings (SSSR count). The van der Waals surface area contributed by atoms with Crippen molar-refractivity contribution in [2.75, 3.05) is 24.8 Å². The molecule has 104 valence electrons. The van der Waals surface area contributed by atoms with E-state index in [9.17, 15) is 4.79 Å². The highest BCUT2D eigenvalue weighted by atomic mass is 79.9. The van der Waals surface area contributed by atoms with Crippen LogP contribution in [0.15, 0.2) is 46.9 Å². The van der Waals surface area contributed by atoms with Crippen molar-refractivity contribution < 1.29 is 9.53 Å². The number of hydrogen-bond acceptors (Lipinski definition) is 3. The fourth-order valence-corrected chi connectivity index (χ4v) is 2.25. The van der Waals surface area contributed by atoms with E-state index in [4.69, 9.17) is 10.5 Å². The smallest absolute Gasteiger partial charge is 0.259 e. The second-order valence-corrected chi connectivity index (χ2v) is 5.06. The summed E-state index contributed by atoms with van der Waals surface area (Å²) in [6, 6.07) is 12.5. The van der Waals surface area contributed by atoms with E-state index in [1.807, 2.05) is 24.3 Å². The first-order valence-corrected chi connectivity index (χ1v) is 6.80. The van der Waals surface area contributed by atoms with Crippen LogP contribution in [0.1, 0.15) is 10.4 Å². The first kappa shape index (κ1) is 14.4. The number of nitrogens with two attached hydrogens (primary N) is 1. The lowest BCUT2D eigenvalue weighted by atomic mass is 10.1. The van der Waals surface area contributed by atoms with E-state index in [0.717, 1.165) is 11.4 Å². The van der Waals surface area contributed by atoms with Crippen molar-refractivity contribution in [3.63, 3.8) is 0 Å². The Balaban J connectivity index is 2.29. The maximum absolute atomic E-state index is 12.5. The molecule has 0 fully saturated rings. The number of rotatable bonds is 3. The molecular formula is C15H15BrN2O2. The van der Waals surface area contributed by atoms with Gasteiger partial charge in [-0.1, -0.05) is 6.07 Å². The van der Waals surface area contributed by atoms with Gasteiger partial charge in [0, 0.05) is 18.4 Å². The van der Waals surface area contributed by atoms with E-state index >= 15 is 0 Å². The first-order chi connectivity index (χ1) is 9.54. The average Bonchev–Trinajstić information content (AvgIpc) is 2.48. The van der Waals surface area contributed by atoms with Crippen molar-refractivity contribution in [3.05, 3.63) is 52.5 Å². The first-order valence-electron chi connectivity index (χ1n) is 6.00. The van der Waals surface area contributed by atoms with Crippen LogP contribution in [0, 0.1) is 0 Å². The average molecular weight is 335 g/mol. The van der Waals surface area contributed by atoms with Crippen LogP contribution in [0.2, 0.25) is 0 Å².